The molecule has 1 fully saturated rings. The molecular weight excluding hydrogens is 196 g/mol. The van der Waals surface area contributed by atoms with Crippen molar-refractivity contribution in [3.05, 3.63) is 0 Å². The Bertz CT molecular complexity index is 135. The zero-order chi connectivity index (χ0) is 10.2. The number of ether oxygens (including phenoxy) is 1. The van der Waals surface area contributed by atoms with Gasteiger partial charge in [0.15, 0.2) is 0 Å². The van der Waals surface area contributed by atoms with Gasteiger partial charge >= 0.3 is 0 Å². The smallest absolute Gasteiger partial charge is 0.0633 e. The van der Waals surface area contributed by atoms with E-state index >= 15 is 0 Å². The van der Waals surface area contributed by atoms with Crippen LogP contribution in [0.4, 0.5) is 0 Å². The van der Waals surface area contributed by atoms with E-state index in [0.29, 0.717) is 5.92 Å². The predicted molar refractivity (Wildman–Crippen MR) is 61.8 cm³/mol. The van der Waals surface area contributed by atoms with Crippen molar-refractivity contribution in [2.45, 2.75) is 38.7 Å². The number of hydrogen-bond donors (Lipinski definition) is 1. The second-order valence-electron chi connectivity index (χ2n) is 4.02. The van der Waals surface area contributed by atoms with Crippen LogP contribution < -0.4 is 0 Å². The van der Waals surface area contributed by atoms with Crippen LogP contribution in [-0.2, 0) is 4.74 Å². The summed E-state index contributed by atoms with van der Waals surface area (Å²) in [6.07, 6.45) is 4.34. The quantitative estimate of drug-likeness (QED) is 0.694. The minimum atomic E-state index is -0.102. The van der Waals surface area contributed by atoms with Gasteiger partial charge in [0.1, 0.15) is 0 Å². The number of thioether (sulfide) groups is 1. The van der Waals surface area contributed by atoms with E-state index in [1.54, 1.807) is 0 Å². The SMILES string of the molecule is CCCSCC(O)CC1CCOCC1. The van der Waals surface area contributed by atoms with E-state index in [1.165, 1.54) is 12.2 Å². The van der Waals surface area contributed by atoms with Gasteiger partial charge in [0, 0.05) is 19.0 Å². The molecule has 1 rings (SSSR count). The molecule has 0 aliphatic carbocycles. The zero-order valence-electron chi connectivity index (χ0n) is 9.08. The molecule has 2 nitrogen and oxygen atoms in total. The van der Waals surface area contributed by atoms with Crippen LogP contribution in [-0.4, -0.2) is 35.9 Å². The molecule has 0 radical (unpaired) electrons. The lowest BCUT2D eigenvalue weighted by atomic mass is 9.94. The monoisotopic (exact) mass is 218 g/mol. The summed E-state index contributed by atoms with van der Waals surface area (Å²) < 4.78 is 5.29. The molecule has 84 valence electrons. The Hall–Kier alpha value is 0.270. The molecule has 1 aliphatic rings. The third kappa shape index (κ3) is 5.23. The molecule has 0 bridgehead atoms. The third-order valence-electron chi connectivity index (χ3n) is 2.60. The molecule has 0 aromatic carbocycles. The minimum Gasteiger partial charge on any atom is -0.392 e. The van der Waals surface area contributed by atoms with Gasteiger partial charge in [-0.25, -0.2) is 0 Å². The van der Waals surface area contributed by atoms with Crippen molar-refractivity contribution < 1.29 is 9.84 Å². The first-order chi connectivity index (χ1) is 6.83. The molecule has 1 saturated heterocycles. The highest BCUT2D eigenvalue weighted by molar-refractivity contribution is 7.99. The van der Waals surface area contributed by atoms with Crippen molar-refractivity contribution in [1.29, 1.82) is 0 Å². The molecule has 0 aromatic heterocycles. The number of rotatable bonds is 6. The standard InChI is InChI=1S/C11H22O2S/c1-2-7-14-9-11(12)8-10-3-5-13-6-4-10/h10-12H,2-9H2,1H3. The van der Waals surface area contributed by atoms with Crippen molar-refractivity contribution in [1.82, 2.24) is 0 Å². The minimum absolute atomic E-state index is 0.102. The van der Waals surface area contributed by atoms with Gasteiger partial charge in [-0.3, -0.25) is 0 Å². The summed E-state index contributed by atoms with van der Waals surface area (Å²) in [6, 6.07) is 0. The van der Waals surface area contributed by atoms with Gasteiger partial charge in [-0.2, -0.15) is 11.8 Å². The van der Waals surface area contributed by atoms with Crippen LogP contribution >= 0.6 is 11.8 Å². The fourth-order valence-corrected chi connectivity index (χ4v) is 2.66. The molecule has 1 unspecified atom stereocenters. The van der Waals surface area contributed by atoms with E-state index in [4.69, 9.17) is 4.74 Å². The largest absolute Gasteiger partial charge is 0.392 e. The molecular formula is C11H22O2S. The second kappa shape index (κ2) is 7.55. The summed E-state index contributed by atoms with van der Waals surface area (Å²) in [5, 5.41) is 9.77. The summed E-state index contributed by atoms with van der Waals surface area (Å²) in [5.74, 6) is 2.77. The van der Waals surface area contributed by atoms with Crippen LogP contribution in [0.2, 0.25) is 0 Å². The molecule has 1 aliphatic heterocycles. The molecule has 14 heavy (non-hydrogen) atoms. The Kier molecular flexibility index (Phi) is 6.65. The Morgan fingerprint density at radius 3 is 2.79 bits per heavy atom. The predicted octanol–water partition coefficient (Wildman–Crippen LogP) is 2.31. The van der Waals surface area contributed by atoms with E-state index in [9.17, 15) is 5.11 Å². The van der Waals surface area contributed by atoms with Crippen molar-refractivity contribution in [2.24, 2.45) is 5.92 Å². The lowest BCUT2D eigenvalue weighted by Gasteiger charge is -2.24. The molecule has 1 atom stereocenters. The van der Waals surface area contributed by atoms with Crippen LogP contribution in [0.25, 0.3) is 0 Å². The van der Waals surface area contributed by atoms with Crippen molar-refractivity contribution in [2.75, 3.05) is 24.7 Å². The fourth-order valence-electron chi connectivity index (χ4n) is 1.80. The van der Waals surface area contributed by atoms with Gasteiger partial charge in [-0.15, -0.1) is 0 Å². The zero-order valence-corrected chi connectivity index (χ0v) is 9.89. The maximum absolute atomic E-state index is 9.77. The van der Waals surface area contributed by atoms with E-state index in [2.05, 4.69) is 6.92 Å². The average Bonchev–Trinajstić information content (AvgIpc) is 2.20. The van der Waals surface area contributed by atoms with Crippen LogP contribution in [0.1, 0.15) is 32.6 Å². The Morgan fingerprint density at radius 2 is 2.14 bits per heavy atom. The second-order valence-corrected chi connectivity index (χ2v) is 5.17. The number of aliphatic hydroxyl groups excluding tert-OH is 1. The van der Waals surface area contributed by atoms with Crippen LogP contribution in [0.3, 0.4) is 0 Å². The van der Waals surface area contributed by atoms with E-state index in [-0.39, 0.29) is 6.10 Å². The Morgan fingerprint density at radius 1 is 1.43 bits per heavy atom. The fraction of sp³-hybridized carbons (Fsp3) is 1.00. The highest BCUT2D eigenvalue weighted by Gasteiger charge is 2.17. The Balaban J connectivity index is 2.03. The molecule has 0 spiro atoms. The van der Waals surface area contributed by atoms with Crippen molar-refractivity contribution in [3.8, 4) is 0 Å². The van der Waals surface area contributed by atoms with E-state index in [0.717, 1.165) is 38.2 Å². The highest BCUT2D eigenvalue weighted by atomic mass is 32.2. The molecule has 3 heteroatoms. The first-order valence-corrected chi connectivity index (χ1v) is 6.82. The van der Waals surface area contributed by atoms with E-state index in [1.807, 2.05) is 11.8 Å². The maximum Gasteiger partial charge on any atom is 0.0633 e. The average molecular weight is 218 g/mol. The molecule has 0 saturated carbocycles. The molecule has 1 N–H and O–H groups in total. The summed E-state index contributed by atoms with van der Waals surface area (Å²) in [6.45, 7) is 3.96. The molecule has 0 aromatic rings. The topological polar surface area (TPSA) is 29.5 Å². The van der Waals surface area contributed by atoms with Crippen molar-refractivity contribution >= 4 is 11.8 Å². The highest BCUT2D eigenvalue weighted by Crippen LogP contribution is 2.21. The van der Waals surface area contributed by atoms with Crippen LogP contribution in [0.5, 0.6) is 0 Å². The van der Waals surface area contributed by atoms with Crippen LogP contribution in [0, 0.1) is 5.92 Å². The lowest BCUT2D eigenvalue weighted by Crippen LogP contribution is -2.22. The Labute approximate surface area is 91.4 Å². The maximum atomic E-state index is 9.77. The third-order valence-corrected chi connectivity index (χ3v) is 3.92. The molecule has 1 heterocycles. The van der Waals surface area contributed by atoms with Crippen molar-refractivity contribution in [3.63, 3.8) is 0 Å². The van der Waals surface area contributed by atoms with Gasteiger partial charge in [0.2, 0.25) is 0 Å². The summed E-state index contributed by atoms with van der Waals surface area (Å²) in [4.78, 5) is 0. The number of aliphatic hydroxyl groups is 1. The van der Waals surface area contributed by atoms with Gasteiger partial charge in [-0.1, -0.05) is 6.92 Å². The van der Waals surface area contributed by atoms with Gasteiger partial charge < -0.3 is 9.84 Å². The lowest BCUT2D eigenvalue weighted by molar-refractivity contribution is 0.0478. The van der Waals surface area contributed by atoms with Gasteiger partial charge in [-0.05, 0) is 37.4 Å². The summed E-state index contributed by atoms with van der Waals surface area (Å²) in [7, 11) is 0. The summed E-state index contributed by atoms with van der Waals surface area (Å²) in [5.41, 5.74) is 0. The first-order valence-electron chi connectivity index (χ1n) is 5.66. The van der Waals surface area contributed by atoms with E-state index < -0.39 is 0 Å². The van der Waals surface area contributed by atoms with Crippen LogP contribution in [0.15, 0.2) is 0 Å². The normalized spacial score (nSPS) is 21.0. The van der Waals surface area contributed by atoms with Gasteiger partial charge in [0.25, 0.3) is 0 Å². The molecule has 0 amide bonds. The summed E-state index contributed by atoms with van der Waals surface area (Å²) >= 11 is 1.87. The first kappa shape index (κ1) is 12.3. The number of hydrogen-bond acceptors (Lipinski definition) is 3. The van der Waals surface area contributed by atoms with Gasteiger partial charge in [0.05, 0.1) is 6.10 Å².